The lowest BCUT2D eigenvalue weighted by Gasteiger charge is -2.21. The van der Waals surface area contributed by atoms with Gasteiger partial charge in [0.2, 0.25) is 0 Å². The number of ether oxygens (including phenoxy) is 4. The summed E-state index contributed by atoms with van der Waals surface area (Å²) in [6, 6.07) is 0. The molecule has 19 heteroatoms. The second-order valence-electron chi connectivity index (χ2n) is 28.0. The van der Waals surface area contributed by atoms with Crippen LogP contribution >= 0.6 is 15.6 Å². The number of phosphoric acid groups is 2. The number of rotatable bonds is 77. The fraction of sp³-hybridized carbons (Fsp3) is 0.948. The van der Waals surface area contributed by atoms with E-state index in [1.54, 1.807) is 0 Å². The van der Waals surface area contributed by atoms with Gasteiger partial charge in [-0.15, -0.1) is 0 Å². The number of hydrogen-bond donors (Lipinski definition) is 3. The predicted octanol–water partition coefficient (Wildman–Crippen LogP) is 22.9. The van der Waals surface area contributed by atoms with Crippen molar-refractivity contribution in [1.29, 1.82) is 0 Å². The lowest BCUT2D eigenvalue weighted by atomic mass is 9.99. The molecule has 0 saturated carbocycles. The Labute approximate surface area is 588 Å². The topological polar surface area (TPSA) is 237 Å². The van der Waals surface area contributed by atoms with E-state index < -0.39 is 97.5 Å². The van der Waals surface area contributed by atoms with Crippen LogP contribution < -0.4 is 0 Å². The van der Waals surface area contributed by atoms with E-state index in [-0.39, 0.29) is 25.7 Å². The Morgan fingerprint density at radius 2 is 0.500 bits per heavy atom. The van der Waals surface area contributed by atoms with Crippen LogP contribution in [0.1, 0.15) is 407 Å². The van der Waals surface area contributed by atoms with E-state index in [9.17, 15) is 43.2 Å². The van der Waals surface area contributed by atoms with E-state index in [4.69, 9.17) is 37.0 Å². The molecule has 0 saturated heterocycles. The van der Waals surface area contributed by atoms with Gasteiger partial charge in [0.15, 0.2) is 12.2 Å². The molecule has 3 unspecified atom stereocenters. The van der Waals surface area contributed by atoms with Crippen LogP contribution in [0.15, 0.2) is 0 Å². The maximum Gasteiger partial charge on any atom is 0.472 e. The number of esters is 4. The minimum atomic E-state index is -4.96. The number of aliphatic hydroxyl groups is 1. The molecule has 0 heterocycles. The lowest BCUT2D eigenvalue weighted by Crippen LogP contribution is -2.30. The van der Waals surface area contributed by atoms with Crippen LogP contribution in [0.4, 0.5) is 0 Å². The number of carbonyl (C=O) groups is 4. The van der Waals surface area contributed by atoms with Gasteiger partial charge in [0.25, 0.3) is 0 Å². The summed E-state index contributed by atoms with van der Waals surface area (Å²) >= 11 is 0. The van der Waals surface area contributed by atoms with Crippen LogP contribution in [-0.4, -0.2) is 96.7 Å². The van der Waals surface area contributed by atoms with Crippen LogP contribution in [0.2, 0.25) is 0 Å². The first-order chi connectivity index (χ1) is 46.6. The van der Waals surface area contributed by atoms with Gasteiger partial charge in [-0.25, -0.2) is 9.13 Å². The average molecular weight is 1410 g/mol. The van der Waals surface area contributed by atoms with Crippen molar-refractivity contribution in [1.82, 2.24) is 0 Å². The van der Waals surface area contributed by atoms with Gasteiger partial charge in [0, 0.05) is 25.7 Å². The first kappa shape index (κ1) is 94.1. The summed E-state index contributed by atoms with van der Waals surface area (Å²) in [5.41, 5.74) is 0. The molecular weight excluding hydrogens is 1260 g/mol. The fourth-order valence-electron chi connectivity index (χ4n) is 11.8. The molecule has 0 aromatic rings. The highest BCUT2D eigenvalue weighted by molar-refractivity contribution is 7.47. The Balaban J connectivity index is 5.18. The SMILES string of the molecule is CCCCCCCCCCCCCCCCCCCCCCC(=O)O[C@H](COC(=O)CCCCCCCCCCCCCCCCC)COP(=O)(O)OC[C@@H](O)COP(=O)(O)OC[C@@H](COC(=O)CCCCCCCCC)OC(=O)CCCCCCCCCCCCC(C)CC. The van der Waals surface area contributed by atoms with Crippen molar-refractivity contribution in [3.05, 3.63) is 0 Å². The van der Waals surface area contributed by atoms with Crippen LogP contribution in [0, 0.1) is 5.92 Å². The van der Waals surface area contributed by atoms with Gasteiger partial charge >= 0.3 is 39.5 Å². The molecule has 96 heavy (non-hydrogen) atoms. The fourth-order valence-corrected chi connectivity index (χ4v) is 13.4. The van der Waals surface area contributed by atoms with Crippen LogP contribution in [-0.2, 0) is 65.4 Å². The van der Waals surface area contributed by atoms with Gasteiger partial charge in [-0.2, -0.15) is 0 Å². The van der Waals surface area contributed by atoms with E-state index in [2.05, 4.69) is 34.6 Å². The second-order valence-corrected chi connectivity index (χ2v) is 30.9. The third kappa shape index (κ3) is 69.2. The number of unbranched alkanes of at least 4 members (excludes halogenated alkanes) is 48. The average Bonchev–Trinajstić information content (AvgIpc) is 1.20. The van der Waals surface area contributed by atoms with Gasteiger partial charge in [-0.05, 0) is 31.6 Å². The van der Waals surface area contributed by atoms with Crippen molar-refractivity contribution in [3.8, 4) is 0 Å². The highest BCUT2D eigenvalue weighted by Gasteiger charge is 2.30. The molecule has 0 aliphatic heterocycles. The zero-order valence-corrected chi connectivity index (χ0v) is 64.3. The van der Waals surface area contributed by atoms with Crippen molar-refractivity contribution in [2.45, 2.75) is 425 Å². The number of carbonyl (C=O) groups excluding carboxylic acids is 4. The molecule has 0 spiro atoms. The molecule has 0 aliphatic rings. The quantitative estimate of drug-likeness (QED) is 0.0222. The first-order valence-corrected chi connectivity index (χ1v) is 43.2. The summed E-state index contributed by atoms with van der Waals surface area (Å²) in [4.78, 5) is 72.7. The van der Waals surface area contributed by atoms with Gasteiger partial charge in [0.05, 0.1) is 26.4 Å². The van der Waals surface area contributed by atoms with E-state index in [0.29, 0.717) is 25.7 Å². The number of phosphoric ester groups is 2. The smallest absolute Gasteiger partial charge is 0.462 e. The molecule has 17 nitrogen and oxygen atoms in total. The normalized spacial score (nSPS) is 14.2. The molecule has 0 bridgehead atoms. The Hall–Kier alpha value is -1.94. The standard InChI is InChI=1S/C77H150O17P2/c1-6-10-13-16-19-21-23-25-27-28-29-30-31-33-35-37-42-47-52-57-62-76(81)94-73(67-88-75(80)61-56-51-46-41-36-34-32-26-24-22-20-17-14-11-7-2)69-92-96(85,86)90-65-71(78)64-89-95(83,84)91-68-72(66-87-74(79)60-55-50-44-18-15-12-8-3)93-77(82)63-58-53-48-43-39-38-40-45-49-54-59-70(5)9-4/h70-73,78H,6-69H2,1-5H3,(H,83,84)(H,85,86)/t70?,71-,72+,73+/m0/s1. The number of aliphatic hydroxyl groups excluding tert-OH is 1. The van der Waals surface area contributed by atoms with Crippen molar-refractivity contribution in [3.63, 3.8) is 0 Å². The summed E-state index contributed by atoms with van der Waals surface area (Å²) in [5, 5.41) is 10.6. The third-order valence-electron chi connectivity index (χ3n) is 18.4. The Morgan fingerprint density at radius 3 is 0.740 bits per heavy atom. The van der Waals surface area contributed by atoms with Crippen molar-refractivity contribution >= 4 is 39.5 Å². The minimum Gasteiger partial charge on any atom is -0.462 e. The van der Waals surface area contributed by atoms with Gasteiger partial charge < -0.3 is 33.8 Å². The van der Waals surface area contributed by atoms with Crippen LogP contribution in [0.5, 0.6) is 0 Å². The summed E-state index contributed by atoms with van der Waals surface area (Å²) < 4.78 is 68.5. The van der Waals surface area contributed by atoms with Gasteiger partial charge in [-0.1, -0.05) is 356 Å². The molecule has 0 aromatic carbocycles. The Morgan fingerprint density at radius 1 is 0.292 bits per heavy atom. The molecule has 0 amide bonds. The van der Waals surface area contributed by atoms with Gasteiger partial charge in [-0.3, -0.25) is 37.3 Å². The van der Waals surface area contributed by atoms with Crippen molar-refractivity contribution in [2.75, 3.05) is 39.6 Å². The minimum absolute atomic E-state index is 0.106. The summed E-state index contributed by atoms with van der Waals surface area (Å²) in [6.45, 7) is 7.28. The summed E-state index contributed by atoms with van der Waals surface area (Å²) in [5.74, 6) is -1.31. The predicted molar refractivity (Wildman–Crippen MR) is 391 cm³/mol. The largest absolute Gasteiger partial charge is 0.472 e. The highest BCUT2D eigenvalue weighted by Crippen LogP contribution is 2.45. The number of hydrogen-bond acceptors (Lipinski definition) is 15. The third-order valence-corrected chi connectivity index (χ3v) is 20.3. The molecule has 0 aromatic heterocycles. The lowest BCUT2D eigenvalue weighted by molar-refractivity contribution is -0.161. The Kier molecular flexibility index (Phi) is 68.7. The zero-order chi connectivity index (χ0) is 70.5. The molecule has 0 aliphatic carbocycles. The molecule has 0 radical (unpaired) electrons. The highest BCUT2D eigenvalue weighted by atomic mass is 31.2. The van der Waals surface area contributed by atoms with Crippen molar-refractivity contribution in [2.24, 2.45) is 5.92 Å². The van der Waals surface area contributed by atoms with Gasteiger partial charge in [0.1, 0.15) is 19.3 Å². The molecule has 0 rings (SSSR count). The second kappa shape index (κ2) is 70.1. The molecule has 0 fully saturated rings. The first-order valence-electron chi connectivity index (χ1n) is 40.2. The van der Waals surface area contributed by atoms with Crippen LogP contribution in [0.25, 0.3) is 0 Å². The van der Waals surface area contributed by atoms with E-state index in [1.165, 1.54) is 218 Å². The Bertz CT molecular complexity index is 1840. The van der Waals surface area contributed by atoms with E-state index in [1.807, 2.05) is 0 Å². The maximum atomic E-state index is 13.1. The van der Waals surface area contributed by atoms with Crippen molar-refractivity contribution < 1.29 is 80.2 Å². The molecular formula is C77H150O17P2. The van der Waals surface area contributed by atoms with E-state index in [0.717, 1.165) is 109 Å². The molecule has 570 valence electrons. The zero-order valence-electron chi connectivity index (χ0n) is 62.5. The summed E-state index contributed by atoms with van der Waals surface area (Å²) in [7, 11) is -9.91. The summed E-state index contributed by atoms with van der Waals surface area (Å²) in [6.07, 6.45) is 59.8. The van der Waals surface area contributed by atoms with Crippen LogP contribution in [0.3, 0.4) is 0 Å². The maximum absolute atomic E-state index is 13.1. The molecule has 3 N–H and O–H groups in total. The van der Waals surface area contributed by atoms with E-state index >= 15 is 0 Å². The molecule has 6 atom stereocenters. The monoisotopic (exact) mass is 1410 g/mol.